The predicted molar refractivity (Wildman–Crippen MR) is 82.7 cm³/mol. The first-order valence-electron chi connectivity index (χ1n) is 6.46. The Morgan fingerprint density at radius 1 is 1.40 bits per heavy atom. The van der Waals surface area contributed by atoms with Crippen LogP contribution in [0.3, 0.4) is 0 Å². The van der Waals surface area contributed by atoms with Gasteiger partial charge in [0.1, 0.15) is 5.75 Å². The van der Waals surface area contributed by atoms with Gasteiger partial charge in [0.2, 0.25) is 0 Å². The van der Waals surface area contributed by atoms with Crippen molar-refractivity contribution in [1.29, 1.82) is 0 Å². The van der Waals surface area contributed by atoms with Gasteiger partial charge in [-0.3, -0.25) is 4.79 Å². The quantitative estimate of drug-likeness (QED) is 0.612. The molecule has 6 heteroatoms. The van der Waals surface area contributed by atoms with Crippen LogP contribution in [-0.2, 0) is 4.79 Å². The van der Waals surface area contributed by atoms with Gasteiger partial charge in [0, 0.05) is 11.2 Å². The van der Waals surface area contributed by atoms with E-state index in [2.05, 4.69) is 24.4 Å². The molecule has 0 heterocycles. The van der Waals surface area contributed by atoms with Gasteiger partial charge in [-0.2, -0.15) is 5.10 Å². The highest BCUT2D eigenvalue weighted by molar-refractivity contribution is 6.35. The molecule has 1 aromatic rings. The lowest BCUT2D eigenvalue weighted by Gasteiger charge is -2.07. The number of hydrogen-bond acceptors (Lipinski definition) is 3. The fraction of sp³-hybridized carbons (Fsp3) is 0.429. The van der Waals surface area contributed by atoms with Gasteiger partial charge in [-0.05, 0) is 37.0 Å². The zero-order chi connectivity index (χ0) is 15.0. The van der Waals surface area contributed by atoms with E-state index >= 15 is 0 Å². The van der Waals surface area contributed by atoms with Gasteiger partial charge in [0.25, 0.3) is 5.91 Å². The van der Waals surface area contributed by atoms with Gasteiger partial charge in [0.15, 0.2) is 6.61 Å². The van der Waals surface area contributed by atoms with Crippen LogP contribution in [-0.4, -0.2) is 18.7 Å². The molecule has 0 radical (unpaired) electrons. The number of carbonyl (C=O) groups excluding carboxylic acids is 1. The second kappa shape index (κ2) is 8.82. The van der Waals surface area contributed by atoms with Crippen LogP contribution in [0.2, 0.25) is 10.0 Å². The molecule has 1 amide bonds. The van der Waals surface area contributed by atoms with Crippen molar-refractivity contribution in [3.63, 3.8) is 0 Å². The lowest BCUT2D eigenvalue weighted by Crippen LogP contribution is -2.25. The smallest absolute Gasteiger partial charge is 0.277 e. The average molecular weight is 317 g/mol. The summed E-state index contributed by atoms with van der Waals surface area (Å²) in [5.41, 5.74) is 2.42. The largest absolute Gasteiger partial charge is 0.482 e. The number of ether oxygens (including phenoxy) is 1. The number of hydrogen-bond donors (Lipinski definition) is 1. The van der Waals surface area contributed by atoms with E-state index in [-0.39, 0.29) is 12.5 Å². The third-order valence-electron chi connectivity index (χ3n) is 2.78. The molecule has 1 N–H and O–H groups in total. The van der Waals surface area contributed by atoms with E-state index < -0.39 is 0 Å². The maximum Gasteiger partial charge on any atom is 0.277 e. The molecule has 0 spiro atoms. The molecule has 4 nitrogen and oxygen atoms in total. The Bertz CT molecular complexity index is 474. The molecule has 110 valence electrons. The van der Waals surface area contributed by atoms with Crippen molar-refractivity contribution in [1.82, 2.24) is 5.43 Å². The SMILES string of the molecule is CCC(/C=N\NC(=O)COc1ccc(Cl)cc1Cl)CC. The zero-order valence-corrected chi connectivity index (χ0v) is 13.0. The molecule has 0 aliphatic rings. The van der Waals surface area contributed by atoms with Crippen molar-refractivity contribution >= 4 is 35.3 Å². The van der Waals surface area contributed by atoms with Crippen LogP contribution in [0.1, 0.15) is 26.7 Å². The molecule has 0 atom stereocenters. The molecule has 1 rings (SSSR count). The second-order valence-electron chi connectivity index (χ2n) is 4.25. The summed E-state index contributed by atoms with van der Waals surface area (Å²) in [5, 5.41) is 4.79. The van der Waals surface area contributed by atoms with E-state index in [1.54, 1.807) is 24.4 Å². The minimum atomic E-state index is -0.335. The summed E-state index contributed by atoms with van der Waals surface area (Å²) in [6.07, 6.45) is 3.73. The monoisotopic (exact) mass is 316 g/mol. The van der Waals surface area contributed by atoms with Crippen molar-refractivity contribution in [2.45, 2.75) is 26.7 Å². The Labute approximate surface area is 129 Å². The second-order valence-corrected chi connectivity index (χ2v) is 5.10. The molecule has 20 heavy (non-hydrogen) atoms. The number of nitrogens with zero attached hydrogens (tertiary/aromatic N) is 1. The number of halogens is 2. The van der Waals surface area contributed by atoms with Gasteiger partial charge < -0.3 is 4.74 Å². The summed E-state index contributed by atoms with van der Waals surface area (Å²) >= 11 is 11.7. The average Bonchev–Trinajstić information content (AvgIpc) is 2.42. The molecule has 0 unspecified atom stereocenters. The van der Waals surface area contributed by atoms with E-state index in [4.69, 9.17) is 27.9 Å². The molecule has 0 aliphatic heterocycles. The highest BCUT2D eigenvalue weighted by Gasteiger charge is 2.06. The highest BCUT2D eigenvalue weighted by Crippen LogP contribution is 2.27. The van der Waals surface area contributed by atoms with Crippen LogP contribution in [0.5, 0.6) is 5.75 Å². The fourth-order valence-corrected chi connectivity index (χ4v) is 1.95. The van der Waals surface area contributed by atoms with E-state index in [0.717, 1.165) is 12.8 Å². The number of nitrogens with one attached hydrogen (secondary N) is 1. The van der Waals surface area contributed by atoms with Crippen LogP contribution in [0, 0.1) is 5.92 Å². The summed E-state index contributed by atoms with van der Waals surface area (Å²) in [6.45, 7) is 4.00. The van der Waals surface area contributed by atoms with Crippen LogP contribution >= 0.6 is 23.2 Å². The number of carbonyl (C=O) groups is 1. The van der Waals surface area contributed by atoms with E-state index in [0.29, 0.717) is 21.7 Å². The van der Waals surface area contributed by atoms with Crippen molar-refractivity contribution in [2.24, 2.45) is 11.0 Å². The van der Waals surface area contributed by atoms with Crippen LogP contribution < -0.4 is 10.2 Å². The fourth-order valence-electron chi connectivity index (χ4n) is 1.48. The molecule has 0 saturated carbocycles. The van der Waals surface area contributed by atoms with Crippen molar-refractivity contribution in [2.75, 3.05) is 6.61 Å². The number of amides is 1. The van der Waals surface area contributed by atoms with Gasteiger partial charge >= 0.3 is 0 Å². The highest BCUT2D eigenvalue weighted by atomic mass is 35.5. The molecular weight excluding hydrogens is 299 g/mol. The zero-order valence-electron chi connectivity index (χ0n) is 11.5. The van der Waals surface area contributed by atoms with Gasteiger partial charge in [-0.1, -0.05) is 37.0 Å². The molecule has 0 aromatic heterocycles. The summed E-state index contributed by atoms with van der Waals surface area (Å²) in [7, 11) is 0. The number of hydrazone groups is 1. The minimum absolute atomic E-state index is 0.151. The Morgan fingerprint density at radius 3 is 2.70 bits per heavy atom. The normalized spacial score (nSPS) is 11.1. The number of rotatable bonds is 7. The molecule has 0 bridgehead atoms. The first-order valence-corrected chi connectivity index (χ1v) is 7.22. The van der Waals surface area contributed by atoms with Crippen LogP contribution in [0.25, 0.3) is 0 Å². The van der Waals surface area contributed by atoms with Crippen molar-refractivity contribution in [3.05, 3.63) is 28.2 Å². The molecule has 0 saturated heterocycles. The predicted octanol–water partition coefficient (Wildman–Crippen LogP) is 3.91. The molecule has 0 fully saturated rings. The Hall–Kier alpha value is -1.26. The summed E-state index contributed by atoms with van der Waals surface area (Å²) in [5.74, 6) is 0.454. The maximum atomic E-state index is 11.5. The van der Waals surface area contributed by atoms with Gasteiger partial charge in [-0.25, -0.2) is 5.43 Å². The van der Waals surface area contributed by atoms with Gasteiger partial charge in [-0.15, -0.1) is 0 Å². The van der Waals surface area contributed by atoms with E-state index in [9.17, 15) is 4.79 Å². The molecular formula is C14H18Cl2N2O2. The maximum absolute atomic E-state index is 11.5. The summed E-state index contributed by atoms with van der Waals surface area (Å²) < 4.78 is 5.29. The summed E-state index contributed by atoms with van der Waals surface area (Å²) in [4.78, 5) is 11.5. The lowest BCUT2D eigenvalue weighted by molar-refractivity contribution is -0.123. The van der Waals surface area contributed by atoms with Gasteiger partial charge in [0.05, 0.1) is 5.02 Å². The lowest BCUT2D eigenvalue weighted by atomic mass is 10.1. The van der Waals surface area contributed by atoms with Crippen molar-refractivity contribution < 1.29 is 9.53 Å². The molecule has 1 aromatic carbocycles. The third kappa shape index (κ3) is 5.80. The van der Waals surface area contributed by atoms with E-state index in [1.807, 2.05) is 0 Å². The first-order chi connectivity index (χ1) is 9.56. The minimum Gasteiger partial charge on any atom is -0.482 e. The standard InChI is InChI=1S/C14H18Cl2N2O2/c1-3-10(4-2)8-17-18-14(19)9-20-13-6-5-11(15)7-12(13)16/h5-8,10H,3-4,9H2,1-2H3,(H,18,19)/b17-8-. The third-order valence-corrected chi connectivity index (χ3v) is 3.31. The van der Waals surface area contributed by atoms with Crippen molar-refractivity contribution in [3.8, 4) is 5.75 Å². The van der Waals surface area contributed by atoms with Crippen LogP contribution in [0.15, 0.2) is 23.3 Å². The first kappa shape index (κ1) is 16.8. The topological polar surface area (TPSA) is 50.7 Å². The number of benzene rings is 1. The Balaban J connectivity index is 2.40. The summed E-state index contributed by atoms with van der Waals surface area (Å²) in [6, 6.07) is 4.82. The van der Waals surface area contributed by atoms with E-state index in [1.165, 1.54) is 0 Å². The molecule has 0 aliphatic carbocycles. The van der Waals surface area contributed by atoms with Crippen LogP contribution in [0.4, 0.5) is 0 Å². The Morgan fingerprint density at radius 2 is 2.10 bits per heavy atom. The Kier molecular flexibility index (Phi) is 7.41.